The van der Waals surface area contributed by atoms with Gasteiger partial charge in [0.25, 0.3) is 5.91 Å². The van der Waals surface area contributed by atoms with Gasteiger partial charge in [0.05, 0.1) is 5.54 Å². The Morgan fingerprint density at radius 2 is 1.89 bits per heavy atom. The van der Waals surface area contributed by atoms with E-state index < -0.39 is 5.54 Å². The average Bonchev–Trinajstić information content (AvgIpc) is 3.15. The Hall–Kier alpha value is -2.18. The molecule has 146 valence electrons. The van der Waals surface area contributed by atoms with Gasteiger partial charge in [0.1, 0.15) is 0 Å². The maximum Gasteiger partial charge on any atom is 0.252 e. The summed E-state index contributed by atoms with van der Waals surface area (Å²) in [6, 6.07) is 15.4. The van der Waals surface area contributed by atoms with Crippen molar-refractivity contribution in [3.8, 4) is 0 Å². The lowest BCUT2D eigenvalue weighted by atomic mass is 9.82. The van der Waals surface area contributed by atoms with E-state index in [0.29, 0.717) is 31.7 Å². The highest BCUT2D eigenvalue weighted by Crippen LogP contribution is 2.34. The number of benzene rings is 2. The number of halogens is 1. The molecule has 2 aliphatic heterocycles. The van der Waals surface area contributed by atoms with E-state index in [0.717, 1.165) is 35.0 Å². The maximum absolute atomic E-state index is 13.2. The van der Waals surface area contributed by atoms with E-state index in [9.17, 15) is 9.59 Å². The highest BCUT2D eigenvalue weighted by Gasteiger charge is 2.36. The van der Waals surface area contributed by atoms with Crippen LogP contribution in [0, 0.1) is 0 Å². The van der Waals surface area contributed by atoms with Crippen molar-refractivity contribution >= 4 is 33.4 Å². The number of nitrogens with zero attached hydrogens (tertiary/aromatic N) is 1. The van der Waals surface area contributed by atoms with Crippen LogP contribution in [0.4, 0.5) is 5.69 Å². The quantitative estimate of drug-likeness (QED) is 0.777. The Kier molecular flexibility index (Phi) is 5.51. The largest absolute Gasteiger partial charge is 0.381 e. The molecule has 5 nitrogen and oxygen atoms in total. The van der Waals surface area contributed by atoms with Crippen molar-refractivity contribution in [3.63, 3.8) is 0 Å². The molecule has 0 atom stereocenters. The van der Waals surface area contributed by atoms with Gasteiger partial charge in [-0.25, -0.2) is 0 Å². The monoisotopic (exact) mass is 442 g/mol. The second-order valence-corrected chi connectivity index (χ2v) is 8.27. The van der Waals surface area contributed by atoms with Crippen LogP contribution in [0.1, 0.15) is 41.6 Å². The molecule has 2 fully saturated rings. The minimum absolute atomic E-state index is 0.118. The summed E-state index contributed by atoms with van der Waals surface area (Å²) >= 11 is 3.54. The first-order chi connectivity index (χ1) is 13.6. The SMILES string of the molecule is O=C(NC1(c2cccc(Br)c2)CCOCC1)c1cccc(N2CCCC2=O)c1. The molecule has 2 aromatic rings. The van der Waals surface area contributed by atoms with Gasteiger partial charge in [0.15, 0.2) is 0 Å². The highest BCUT2D eigenvalue weighted by atomic mass is 79.9. The smallest absolute Gasteiger partial charge is 0.252 e. The van der Waals surface area contributed by atoms with Crippen molar-refractivity contribution in [3.05, 3.63) is 64.1 Å². The first-order valence-corrected chi connectivity index (χ1v) is 10.4. The van der Waals surface area contributed by atoms with E-state index in [1.807, 2.05) is 30.3 Å². The Morgan fingerprint density at radius 1 is 1.11 bits per heavy atom. The van der Waals surface area contributed by atoms with Crippen molar-refractivity contribution in [1.29, 1.82) is 0 Å². The summed E-state index contributed by atoms with van der Waals surface area (Å²) in [6.45, 7) is 1.92. The van der Waals surface area contributed by atoms with Crippen molar-refractivity contribution in [2.24, 2.45) is 0 Å². The third kappa shape index (κ3) is 3.84. The predicted molar refractivity (Wildman–Crippen MR) is 111 cm³/mol. The van der Waals surface area contributed by atoms with Gasteiger partial charge in [0.2, 0.25) is 5.91 Å². The summed E-state index contributed by atoms with van der Waals surface area (Å²) in [6.07, 6.45) is 2.88. The zero-order chi connectivity index (χ0) is 19.6. The standard InChI is InChI=1S/C22H23BrN2O3/c23-18-6-2-5-17(15-18)22(9-12-28-13-10-22)24-21(27)16-4-1-7-19(14-16)25-11-3-8-20(25)26/h1-2,4-7,14-15H,3,8-13H2,(H,24,27). The van der Waals surface area contributed by atoms with E-state index in [4.69, 9.17) is 4.74 Å². The summed E-state index contributed by atoms with van der Waals surface area (Å²) < 4.78 is 6.54. The molecule has 2 saturated heterocycles. The third-order valence-corrected chi connectivity index (χ3v) is 6.06. The molecular weight excluding hydrogens is 420 g/mol. The Morgan fingerprint density at radius 3 is 2.61 bits per heavy atom. The topological polar surface area (TPSA) is 58.6 Å². The maximum atomic E-state index is 13.2. The summed E-state index contributed by atoms with van der Waals surface area (Å²) in [7, 11) is 0. The first-order valence-electron chi connectivity index (χ1n) is 9.64. The van der Waals surface area contributed by atoms with Gasteiger partial charge in [0, 0.05) is 41.9 Å². The minimum atomic E-state index is -0.460. The lowest BCUT2D eigenvalue weighted by Crippen LogP contribution is -2.49. The van der Waals surface area contributed by atoms with Gasteiger partial charge in [-0.15, -0.1) is 0 Å². The van der Waals surface area contributed by atoms with E-state index in [1.165, 1.54) is 0 Å². The summed E-state index contributed by atoms with van der Waals surface area (Å²) in [4.78, 5) is 27.0. The predicted octanol–water partition coefficient (Wildman–Crippen LogP) is 4.01. The number of ether oxygens (including phenoxy) is 1. The van der Waals surface area contributed by atoms with Crippen LogP contribution < -0.4 is 10.2 Å². The number of carbonyl (C=O) groups is 2. The molecule has 2 aliphatic rings. The van der Waals surface area contributed by atoms with Crippen LogP contribution in [-0.4, -0.2) is 31.6 Å². The Balaban J connectivity index is 1.61. The van der Waals surface area contributed by atoms with Gasteiger partial charge >= 0.3 is 0 Å². The van der Waals surface area contributed by atoms with Gasteiger partial charge in [-0.3, -0.25) is 9.59 Å². The number of hydrogen-bond donors (Lipinski definition) is 1. The molecule has 0 aromatic heterocycles. The summed E-state index contributed by atoms with van der Waals surface area (Å²) in [5, 5.41) is 3.28. The molecule has 6 heteroatoms. The fourth-order valence-corrected chi connectivity index (χ4v) is 4.42. The van der Waals surface area contributed by atoms with Gasteiger partial charge in [-0.2, -0.15) is 0 Å². The van der Waals surface area contributed by atoms with Gasteiger partial charge < -0.3 is 15.0 Å². The molecule has 2 amide bonds. The number of nitrogens with one attached hydrogen (secondary N) is 1. The molecular formula is C22H23BrN2O3. The summed E-state index contributed by atoms with van der Waals surface area (Å²) in [5.41, 5.74) is 1.97. The van der Waals surface area contributed by atoms with Crippen molar-refractivity contribution < 1.29 is 14.3 Å². The number of carbonyl (C=O) groups excluding carboxylic acids is 2. The molecule has 2 heterocycles. The van der Waals surface area contributed by atoms with E-state index >= 15 is 0 Å². The number of amides is 2. The van der Waals surface area contributed by atoms with Crippen molar-refractivity contribution in [2.45, 2.75) is 31.2 Å². The van der Waals surface area contributed by atoms with Crippen LogP contribution in [-0.2, 0) is 15.1 Å². The zero-order valence-corrected chi connectivity index (χ0v) is 17.2. The molecule has 0 saturated carbocycles. The molecule has 0 radical (unpaired) electrons. The number of rotatable bonds is 4. The van der Waals surface area contributed by atoms with Crippen LogP contribution in [0.15, 0.2) is 53.0 Å². The van der Waals surface area contributed by atoms with Gasteiger partial charge in [-0.1, -0.05) is 34.1 Å². The highest BCUT2D eigenvalue weighted by molar-refractivity contribution is 9.10. The molecule has 0 aliphatic carbocycles. The van der Waals surface area contributed by atoms with Gasteiger partial charge in [-0.05, 0) is 55.2 Å². The molecule has 1 N–H and O–H groups in total. The number of hydrogen-bond acceptors (Lipinski definition) is 3. The van der Waals surface area contributed by atoms with Crippen LogP contribution in [0.2, 0.25) is 0 Å². The van der Waals surface area contributed by atoms with Crippen LogP contribution in [0.25, 0.3) is 0 Å². The molecule has 0 bridgehead atoms. The Bertz CT molecular complexity index is 893. The van der Waals surface area contributed by atoms with Crippen LogP contribution >= 0.6 is 15.9 Å². The van der Waals surface area contributed by atoms with E-state index in [1.54, 1.807) is 11.0 Å². The van der Waals surface area contributed by atoms with Crippen LogP contribution in [0.5, 0.6) is 0 Å². The molecule has 2 aromatic carbocycles. The molecule has 0 spiro atoms. The third-order valence-electron chi connectivity index (χ3n) is 5.57. The number of anilines is 1. The lowest BCUT2D eigenvalue weighted by molar-refractivity contribution is -0.117. The van der Waals surface area contributed by atoms with Crippen LogP contribution in [0.3, 0.4) is 0 Å². The molecule has 4 rings (SSSR count). The fourth-order valence-electron chi connectivity index (χ4n) is 4.02. The second-order valence-electron chi connectivity index (χ2n) is 7.36. The van der Waals surface area contributed by atoms with E-state index in [-0.39, 0.29) is 11.8 Å². The average molecular weight is 443 g/mol. The second kappa shape index (κ2) is 8.05. The Labute approximate surface area is 173 Å². The van der Waals surface area contributed by atoms with Crippen molar-refractivity contribution in [1.82, 2.24) is 5.32 Å². The fraction of sp³-hybridized carbons (Fsp3) is 0.364. The zero-order valence-electron chi connectivity index (χ0n) is 15.6. The normalized spacial score (nSPS) is 18.9. The first kappa shape index (κ1) is 19.2. The molecule has 0 unspecified atom stereocenters. The van der Waals surface area contributed by atoms with Crippen molar-refractivity contribution in [2.75, 3.05) is 24.7 Å². The minimum Gasteiger partial charge on any atom is -0.381 e. The lowest BCUT2D eigenvalue weighted by Gasteiger charge is -2.38. The van der Waals surface area contributed by atoms with E-state index in [2.05, 4.69) is 33.4 Å². The summed E-state index contributed by atoms with van der Waals surface area (Å²) in [5.74, 6) is -0.0111. The molecule has 28 heavy (non-hydrogen) atoms.